The second kappa shape index (κ2) is 6.15. The Kier molecular flexibility index (Phi) is 5.14. The third kappa shape index (κ3) is 3.41. The Balaban J connectivity index is 2.47. The summed E-state index contributed by atoms with van der Waals surface area (Å²) in [6, 6.07) is 0. The van der Waals surface area contributed by atoms with Gasteiger partial charge in [0.1, 0.15) is 12.2 Å². The molecule has 6 heteroatoms. The van der Waals surface area contributed by atoms with Gasteiger partial charge in [-0.3, -0.25) is 4.79 Å². The van der Waals surface area contributed by atoms with Gasteiger partial charge in [0.15, 0.2) is 0 Å². The quantitative estimate of drug-likeness (QED) is 0.549. The average molecular weight is 234 g/mol. The van der Waals surface area contributed by atoms with Crippen molar-refractivity contribution in [2.75, 3.05) is 6.61 Å². The molecule has 94 valence electrons. The Morgan fingerprint density at radius 1 is 1.50 bits per heavy atom. The van der Waals surface area contributed by atoms with E-state index in [0.717, 1.165) is 0 Å². The molecule has 0 bridgehead atoms. The second-order valence-corrected chi connectivity index (χ2v) is 3.82. The first-order chi connectivity index (χ1) is 7.58. The highest BCUT2D eigenvalue weighted by atomic mass is 16.7. The number of aliphatic hydroxyl groups excluding tert-OH is 3. The lowest BCUT2D eigenvalue weighted by Gasteiger charge is -2.35. The smallest absolute Gasteiger partial charge is 0.308 e. The van der Waals surface area contributed by atoms with Crippen molar-refractivity contribution in [2.24, 2.45) is 0 Å². The number of carbonyl (C=O) groups excluding carboxylic acids is 1. The van der Waals surface area contributed by atoms with E-state index in [2.05, 4.69) is 0 Å². The van der Waals surface area contributed by atoms with Crippen molar-refractivity contribution < 1.29 is 29.6 Å². The zero-order valence-corrected chi connectivity index (χ0v) is 9.20. The first kappa shape index (κ1) is 13.4. The molecule has 6 nitrogen and oxygen atoms in total. The number of esters is 1. The van der Waals surface area contributed by atoms with E-state index in [1.54, 1.807) is 0 Å². The Labute approximate surface area is 93.8 Å². The summed E-state index contributed by atoms with van der Waals surface area (Å²) in [7, 11) is 0. The molecule has 0 saturated carbocycles. The minimum atomic E-state index is -1.15. The number of hydrogen-bond donors (Lipinski definition) is 3. The molecule has 16 heavy (non-hydrogen) atoms. The van der Waals surface area contributed by atoms with E-state index >= 15 is 0 Å². The summed E-state index contributed by atoms with van der Waals surface area (Å²) in [5.41, 5.74) is 0. The molecular formula is C10H18O6. The first-order valence-electron chi connectivity index (χ1n) is 5.40. The van der Waals surface area contributed by atoms with E-state index < -0.39 is 37.2 Å². The van der Waals surface area contributed by atoms with Crippen LogP contribution in [0.3, 0.4) is 0 Å². The first-order valence-corrected chi connectivity index (χ1v) is 5.40. The van der Waals surface area contributed by atoms with Crippen molar-refractivity contribution in [3.8, 4) is 0 Å². The maximum absolute atomic E-state index is 11.2. The van der Waals surface area contributed by atoms with Crippen LogP contribution < -0.4 is 0 Å². The molecule has 0 aliphatic carbocycles. The third-order valence-corrected chi connectivity index (χ3v) is 2.43. The van der Waals surface area contributed by atoms with Crippen molar-refractivity contribution in [3.05, 3.63) is 0 Å². The summed E-state index contributed by atoms with van der Waals surface area (Å²) < 4.78 is 10.1. The summed E-state index contributed by atoms with van der Waals surface area (Å²) in [5.74, 6) is -0.409. The van der Waals surface area contributed by atoms with Crippen LogP contribution in [0.1, 0.15) is 26.2 Å². The van der Waals surface area contributed by atoms with Crippen molar-refractivity contribution in [1.82, 2.24) is 0 Å². The SMILES string of the molecule is CCCC(=O)OC1C[C@H](O)[C@@H](O)[C@@H](CO)O1. The molecular weight excluding hydrogens is 216 g/mol. The van der Waals surface area contributed by atoms with Gasteiger partial charge < -0.3 is 24.8 Å². The highest BCUT2D eigenvalue weighted by Gasteiger charge is 2.37. The van der Waals surface area contributed by atoms with E-state index in [1.807, 2.05) is 6.92 Å². The van der Waals surface area contributed by atoms with Crippen LogP contribution in [-0.4, -0.2) is 52.5 Å². The molecule has 1 fully saturated rings. The number of carbonyl (C=O) groups is 1. The van der Waals surface area contributed by atoms with Crippen LogP contribution >= 0.6 is 0 Å². The molecule has 0 aromatic carbocycles. The van der Waals surface area contributed by atoms with Crippen LogP contribution in [0.15, 0.2) is 0 Å². The number of ether oxygens (including phenoxy) is 2. The summed E-state index contributed by atoms with van der Waals surface area (Å²) >= 11 is 0. The molecule has 1 aliphatic heterocycles. The maximum atomic E-state index is 11.2. The third-order valence-electron chi connectivity index (χ3n) is 2.43. The lowest BCUT2D eigenvalue weighted by Crippen LogP contribution is -2.50. The number of rotatable bonds is 4. The van der Waals surface area contributed by atoms with E-state index in [1.165, 1.54) is 0 Å². The van der Waals surface area contributed by atoms with Gasteiger partial charge in [-0.2, -0.15) is 0 Å². The molecule has 4 atom stereocenters. The molecule has 0 aromatic rings. The number of aliphatic hydroxyl groups is 3. The van der Waals surface area contributed by atoms with Gasteiger partial charge in [0.2, 0.25) is 6.29 Å². The predicted molar refractivity (Wildman–Crippen MR) is 53.4 cm³/mol. The molecule has 3 N–H and O–H groups in total. The van der Waals surface area contributed by atoms with Crippen molar-refractivity contribution >= 4 is 5.97 Å². The zero-order chi connectivity index (χ0) is 12.1. The van der Waals surface area contributed by atoms with Gasteiger partial charge in [-0.1, -0.05) is 6.92 Å². The summed E-state index contributed by atoms with van der Waals surface area (Å²) in [4.78, 5) is 11.2. The minimum Gasteiger partial charge on any atom is -0.436 e. The van der Waals surface area contributed by atoms with Gasteiger partial charge in [0, 0.05) is 12.8 Å². The van der Waals surface area contributed by atoms with Crippen LogP contribution in [0, 0.1) is 0 Å². The van der Waals surface area contributed by atoms with Gasteiger partial charge in [-0.15, -0.1) is 0 Å². The topological polar surface area (TPSA) is 96.2 Å². The Morgan fingerprint density at radius 2 is 2.19 bits per heavy atom. The lowest BCUT2D eigenvalue weighted by atomic mass is 10.0. The van der Waals surface area contributed by atoms with Crippen LogP contribution in [-0.2, 0) is 14.3 Å². The van der Waals surface area contributed by atoms with E-state index in [-0.39, 0.29) is 12.8 Å². The molecule has 1 saturated heterocycles. The maximum Gasteiger partial charge on any atom is 0.308 e. The Bertz CT molecular complexity index is 231. The highest BCUT2D eigenvalue weighted by molar-refractivity contribution is 5.69. The van der Waals surface area contributed by atoms with Gasteiger partial charge in [-0.05, 0) is 6.42 Å². The van der Waals surface area contributed by atoms with Gasteiger partial charge in [0.05, 0.1) is 12.7 Å². The van der Waals surface area contributed by atoms with Crippen LogP contribution in [0.25, 0.3) is 0 Å². The molecule has 0 aromatic heterocycles. The van der Waals surface area contributed by atoms with Crippen LogP contribution in [0.5, 0.6) is 0 Å². The van der Waals surface area contributed by atoms with Crippen LogP contribution in [0.2, 0.25) is 0 Å². The molecule has 1 rings (SSSR count). The fraction of sp³-hybridized carbons (Fsp3) is 0.900. The summed E-state index contributed by atoms with van der Waals surface area (Å²) in [6.07, 6.45) is -3.04. The average Bonchev–Trinajstić information content (AvgIpc) is 2.23. The fourth-order valence-electron chi connectivity index (χ4n) is 1.55. The molecule has 0 amide bonds. The molecule has 0 radical (unpaired) electrons. The molecule has 0 spiro atoms. The standard InChI is InChI=1S/C10H18O6/c1-2-3-8(13)16-9-4-6(12)10(14)7(5-11)15-9/h6-7,9-12,14H,2-5H2,1H3/t6-,7+,9?,10+/m0/s1. The second-order valence-electron chi connectivity index (χ2n) is 3.82. The zero-order valence-electron chi connectivity index (χ0n) is 9.20. The van der Waals surface area contributed by atoms with Crippen molar-refractivity contribution in [2.45, 2.75) is 50.8 Å². The molecule has 1 unspecified atom stereocenters. The number of hydrogen-bond acceptors (Lipinski definition) is 6. The normalized spacial score (nSPS) is 34.8. The lowest BCUT2D eigenvalue weighted by molar-refractivity contribution is -0.251. The summed E-state index contributed by atoms with van der Waals surface area (Å²) in [5, 5.41) is 27.8. The van der Waals surface area contributed by atoms with Gasteiger partial charge in [-0.25, -0.2) is 0 Å². The molecule has 1 aliphatic rings. The van der Waals surface area contributed by atoms with Crippen LogP contribution in [0.4, 0.5) is 0 Å². The summed E-state index contributed by atoms with van der Waals surface area (Å²) in [6.45, 7) is 1.41. The highest BCUT2D eigenvalue weighted by Crippen LogP contribution is 2.21. The van der Waals surface area contributed by atoms with E-state index in [0.29, 0.717) is 6.42 Å². The monoisotopic (exact) mass is 234 g/mol. The van der Waals surface area contributed by atoms with Crippen molar-refractivity contribution in [1.29, 1.82) is 0 Å². The van der Waals surface area contributed by atoms with E-state index in [9.17, 15) is 15.0 Å². The van der Waals surface area contributed by atoms with Gasteiger partial charge in [0.25, 0.3) is 0 Å². The van der Waals surface area contributed by atoms with E-state index in [4.69, 9.17) is 14.6 Å². The predicted octanol–water partition coefficient (Wildman–Crippen LogP) is -0.841. The Morgan fingerprint density at radius 3 is 2.75 bits per heavy atom. The fourth-order valence-corrected chi connectivity index (χ4v) is 1.55. The largest absolute Gasteiger partial charge is 0.436 e. The van der Waals surface area contributed by atoms with Crippen molar-refractivity contribution in [3.63, 3.8) is 0 Å². The van der Waals surface area contributed by atoms with Gasteiger partial charge >= 0.3 is 5.97 Å². The minimum absolute atomic E-state index is 0.0210. The Hall–Kier alpha value is -0.690. The molecule has 1 heterocycles.